The van der Waals surface area contributed by atoms with Gasteiger partial charge in [0.1, 0.15) is 0 Å². The van der Waals surface area contributed by atoms with Crippen LogP contribution in [0.4, 0.5) is 8.78 Å². The fraction of sp³-hybridized carbons (Fsp3) is 0.0714. The molecule has 0 aliphatic rings. The highest BCUT2D eigenvalue weighted by atomic mass is 32.2. The first-order valence-electron chi connectivity index (χ1n) is 5.74. The molecule has 3 rings (SSSR count). The van der Waals surface area contributed by atoms with Crippen LogP contribution < -0.4 is 0 Å². The van der Waals surface area contributed by atoms with Crippen LogP contribution in [0.1, 0.15) is 5.56 Å². The first-order valence-corrected chi connectivity index (χ1v) is 6.72. The number of nitrogens with one attached hydrogen (secondary N) is 1. The molecule has 0 aliphatic carbocycles. The van der Waals surface area contributed by atoms with Gasteiger partial charge in [0.25, 0.3) is 0 Å². The average molecular weight is 276 g/mol. The van der Waals surface area contributed by atoms with Crippen LogP contribution in [-0.2, 0) is 5.75 Å². The van der Waals surface area contributed by atoms with Crippen molar-refractivity contribution in [1.29, 1.82) is 0 Å². The lowest BCUT2D eigenvalue weighted by Crippen LogP contribution is -1.82. The van der Waals surface area contributed by atoms with E-state index < -0.39 is 11.6 Å². The third-order valence-corrected chi connectivity index (χ3v) is 3.67. The molecule has 0 aliphatic heterocycles. The van der Waals surface area contributed by atoms with Gasteiger partial charge in [-0.25, -0.2) is 13.8 Å². The van der Waals surface area contributed by atoms with E-state index in [1.807, 2.05) is 30.3 Å². The van der Waals surface area contributed by atoms with Gasteiger partial charge in [-0.1, -0.05) is 42.1 Å². The Labute approximate surface area is 112 Å². The fourth-order valence-electron chi connectivity index (χ4n) is 1.78. The molecule has 0 fully saturated rings. The summed E-state index contributed by atoms with van der Waals surface area (Å²) in [6.07, 6.45) is 0. The van der Waals surface area contributed by atoms with E-state index in [1.165, 1.54) is 17.3 Å². The number of H-pyrrole nitrogens is 1. The van der Waals surface area contributed by atoms with Crippen molar-refractivity contribution in [2.45, 2.75) is 10.9 Å². The molecule has 0 saturated carbocycles. The Morgan fingerprint density at radius 1 is 1.05 bits per heavy atom. The summed E-state index contributed by atoms with van der Waals surface area (Å²) < 4.78 is 26.2. The summed E-state index contributed by atoms with van der Waals surface area (Å²) in [5.74, 6) is -0.986. The van der Waals surface area contributed by atoms with Gasteiger partial charge in [0, 0.05) is 17.9 Å². The van der Waals surface area contributed by atoms with Crippen LogP contribution in [0.15, 0.2) is 47.6 Å². The number of rotatable bonds is 3. The maximum Gasteiger partial charge on any atom is 0.166 e. The van der Waals surface area contributed by atoms with Crippen molar-refractivity contribution in [3.05, 3.63) is 59.7 Å². The van der Waals surface area contributed by atoms with E-state index in [4.69, 9.17) is 0 Å². The highest BCUT2D eigenvalue weighted by Gasteiger charge is 2.08. The van der Waals surface area contributed by atoms with Gasteiger partial charge < -0.3 is 4.98 Å². The molecule has 19 heavy (non-hydrogen) atoms. The Bertz CT molecular complexity index is 671. The molecule has 1 N–H and O–H groups in total. The van der Waals surface area contributed by atoms with Crippen LogP contribution in [0.3, 0.4) is 0 Å². The van der Waals surface area contributed by atoms with E-state index in [-0.39, 0.29) is 0 Å². The molecule has 0 amide bonds. The average Bonchev–Trinajstić information content (AvgIpc) is 2.80. The van der Waals surface area contributed by atoms with Crippen molar-refractivity contribution in [2.75, 3.05) is 0 Å². The first kappa shape index (κ1) is 12.2. The molecule has 0 bridgehead atoms. The summed E-state index contributed by atoms with van der Waals surface area (Å²) in [5, 5.41) is 0.656. The summed E-state index contributed by atoms with van der Waals surface area (Å²) in [7, 11) is 0. The minimum atomic E-state index is -0.876. The molecule has 0 spiro atoms. The molecule has 1 heterocycles. The predicted molar refractivity (Wildman–Crippen MR) is 72.0 cm³/mol. The number of aromatic nitrogens is 2. The molecule has 0 radical (unpaired) electrons. The lowest BCUT2D eigenvalue weighted by Gasteiger charge is -1.97. The number of benzene rings is 2. The van der Waals surface area contributed by atoms with Crippen molar-refractivity contribution in [3.63, 3.8) is 0 Å². The first-order chi connectivity index (χ1) is 9.22. The van der Waals surface area contributed by atoms with Gasteiger partial charge >= 0.3 is 0 Å². The second-order valence-electron chi connectivity index (χ2n) is 4.10. The van der Waals surface area contributed by atoms with Gasteiger partial charge in [0.05, 0.1) is 11.0 Å². The Hall–Kier alpha value is -1.88. The van der Waals surface area contributed by atoms with Gasteiger partial charge in [0.15, 0.2) is 16.8 Å². The van der Waals surface area contributed by atoms with Crippen molar-refractivity contribution in [3.8, 4) is 0 Å². The van der Waals surface area contributed by atoms with Crippen molar-refractivity contribution < 1.29 is 8.78 Å². The number of hydrogen-bond acceptors (Lipinski definition) is 2. The number of imidazole rings is 1. The molecule has 2 nitrogen and oxygen atoms in total. The second-order valence-corrected chi connectivity index (χ2v) is 5.06. The highest BCUT2D eigenvalue weighted by molar-refractivity contribution is 7.98. The number of thioether (sulfide) groups is 1. The third kappa shape index (κ3) is 2.61. The van der Waals surface area contributed by atoms with Gasteiger partial charge in [0.2, 0.25) is 0 Å². The number of hydrogen-bond donors (Lipinski definition) is 1. The Morgan fingerprint density at radius 2 is 1.79 bits per heavy atom. The quantitative estimate of drug-likeness (QED) is 0.728. The standard InChI is InChI=1S/C14H10F2N2S/c15-10-6-12-13(7-11(10)16)18-14(17-12)19-8-9-4-2-1-3-5-9/h1-7H,8H2,(H,17,18). The normalized spacial score (nSPS) is 11.1. The lowest BCUT2D eigenvalue weighted by atomic mass is 10.2. The van der Waals surface area contributed by atoms with Crippen molar-refractivity contribution in [1.82, 2.24) is 9.97 Å². The lowest BCUT2D eigenvalue weighted by molar-refractivity contribution is 0.510. The predicted octanol–water partition coefficient (Wildman–Crippen LogP) is 4.13. The Kier molecular flexibility index (Phi) is 3.21. The van der Waals surface area contributed by atoms with E-state index in [9.17, 15) is 8.78 Å². The molecule has 3 aromatic rings. The van der Waals surface area contributed by atoms with E-state index >= 15 is 0 Å². The van der Waals surface area contributed by atoms with E-state index in [0.717, 1.165) is 17.9 Å². The summed E-state index contributed by atoms with van der Waals surface area (Å²) in [6, 6.07) is 12.2. The van der Waals surface area contributed by atoms with Crippen LogP contribution in [0.2, 0.25) is 0 Å². The zero-order valence-corrected chi connectivity index (χ0v) is 10.7. The number of aromatic amines is 1. The zero-order chi connectivity index (χ0) is 13.2. The van der Waals surface area contributed by atoms with Gasteiger partial charge in [-0.15, -0.1) is 0 Å². The largest absolute Gasteiger partial charge is 0.333 e. The van der Waals surface area contributed by atoms with E-state index in [1.54, 1.807) is 0 Å². The second kappa shape index (κ2) is 5.01. The van der Waals surface area contributed by atoms with Crippen LogP contribution in [0, 0.1) is 11.6 Å². The summed E-state index contributed by atoms with van der Waals surface area (Å²) >= 11 is 1.50. The van der Waals surface area contributed by atoms with Crippen LogP contribution in [-0.4, -0.2) is 9.97 Å². The van der Waals surface area contributed by atoms with E-state index in [0.29, 0.717) is 16.2 Å². The van der Waals surface area contributed by atoms with Crippen LogP contribution >= 0.6 is 11.8 Å². The topological polar surface area (TPSA) is 28.7 Å². The Morgan fingerprint density at radius 3 is 2.58 bits per heavy atom. The van der Waals surface area contributed by atoms with Crippen molar-refractivity contribution in [2.24, 2.45) is 0 Å². The van der Waals surface area contributed by atoms with Crippen LogP contribution in [0.25, 0.3) is 11.0 Å². The van der Waals surface area contributed by atoms with Crippen LogP contribution in [0.5, 0.6) is 0 Å². The number of halogens is 2. The molecular formula is C14H10F2N2S. The molecular weight excluding hydrogens is 266 g/mol. The summed E-state index contributed by atoms with van der Waals surface area (Å²) in [4.78, 5) is 7.21. The molecule has 0 atom stereocenters. The monoisotopic (exact) mass is 276 g/mol. The van der Waals surface area contributed by atoms with Gasteiger partial charge in [-0.3, -0.25) is 0 Å². The summed E-state index contributed by atoms with van der Waals surface area (Å²) in [5.41, 5.74) is 2.12. The minimum absolute atomic E-state index is 0.439. The summed E-state index contributed by atoms with van der Waals surface area (Å²) in [6.45, 7) is 0. The Balaban J connectivity index is 1.82. The zero-order valence-electron chi connectivity index (χ0n) is 9.86. The maximum atomic E-state index is 13.1. The third-order valence-electron chi connectivity index (χ3n) is 2.72. The molecule has 5 heteroatoms. The number of fused-ring (bicyclic) bond motifs is 1. The minimum Gasteiger partial charge on any atom is -0.333 e. The van der Waals surface area contributed by atoms with Crippen molar-refractivity contribution >= 4 is 22.8 Å². The molecule has 0 unspecified atom stereocenters. The van der Waals surface area contributed by atoms with Gasteiger partial charge in [-0.2, -0.15) is 0 Å². The van der Waals surface area contributed by atoms with Gasteiger partial charge in [-0.05, 0) is 5.56 Å². The fourth-order valence-corrected chi connectivity index (χ4v) is 2.62. The smallest absolute Gasteiger partial charge is 0.166 e. The molecule has 0 saturated heterocycles. The highest BCUT2D eigenvalue weighted by Crippen LogP contribution is 2.24. The molecule has 2 aromatic carbocycles. The molecule has 96 valence electrons. The number of nitrogens with zero attached hydrogens (tertiary/aromatic N) is 1. The van der Waals surface area contributed by atoms with E-state index in [2.05, 4.69) is 9.97 Å². The maximum absolute atomic E-state index is 13.1. The SMILES string of the molecule is Fc1cc2nc(SCc3ccccc3)[nH]c2cc1F. The molecule has 1 aromatic heterocycles.